The number of benzene rings is 3. The van der Waals surface area contributed by atoms with Gasteiger partial charge in [0.2, 0.25) is 21.8 Å². The van der Waals surface area contributed by atoms with Crippen molar-refractivity contribution in [2.45, 2.75) is 76.9 Å². The van der Waals surface area contributed by atoms with Gasteiger partial charge in [-0.3, -0.25) is 13.9 Å². The molecule has 0 radical (unpaired) electrons. The van der Waals surface area contributed by atoms with Crippen molar-refractivity contribution in [3.63, 3.8) is 0 Å². The topological polar surface area (TPSA) is 86.8 Å². The van der Waals surface area contributed by atoms with Gasteiger partial charge >= 0.3 is 0 Å². The average molecular weight is 659 g/mol. The molecular formula is C34H41Cl2N3O4S. The standard InChI is InChI=1S/C34H41Cl2N3O4S/c1-25-15-18-29(19-16-25)39(44(2,42)43)21-9-14-33(40)38(24-27-17-20-30(35)31(36)22-27)32(23-26-10-5-3-6-11-26)34(41)37-28-12-7-4-8-13-28/h3,5-6,10-11,15-20,22,28,32H,4,7-9,12-14,21,23-24H2,1-2H3,(H,37,41). The van der Waals surface area contributed by atoms with Crippen LogP contribution in [-0.4, -0.2) is 50.0 Å². The predicted molar refractivity (Wildman–Crippen MR) is 179 cm³/mol. The van der Waals surface area contributed by atoms with Crippen molar-refractivity contribution in [3.05, 3.63) is 99.5 Å². The van der Waals surface area contributed by atoms with E-state index in [1.165, 1.54) is 4.31 Å². The van der Waals surface area contributed by atoms with Crippen molar-refractivity contribution in [3.8, 4) is 0 Å². The van der Waals surface area contributed by atoms with Crippen LogP contribution in [0, 0.1) is 6.92 Å². The van der Waals surface area contributed by atoms with Crippen molar-refractivity contribution in [2.24, 2.45) is 0 Å². The second-order valence-electron chi connectivity index (χ2n) is 11.6. The van der Waals surface area contributed by atoms with Crippen molar-refractivity contribution in [1.29, 1.82) is 0 Å². The number of anilines is 1. The molecule has 7 nitrogen and oxygen atoms in total. The van der Waals surface area contributed by atoms with Crippen molar-refractivity contribution in [2.75, 3.05) is 17.1 Å². The van der Waals surface area contributed by atoms with Crippen LogP contribution in [0.3, 0.4) is 0 Å². The molecule has 3 aromatic rings. The van der Waals surface area contributed by atoms with Crippen LogP contribution >= 0.6 is 23.2 Å². The fourth-order valence-electron chi connectivity index (χ4n) is 5.65. The SMILES string of the molecule is Cc1ccc(N(CCCC(=O)N(Cc2ccc(Cl)c(Cl)c2)C(Cc2ccccc2)C(=O)NC2CCCCC2)S(C)(=O)=O)cc1. The first-order valence-electron chi connectivity index (χ1n) is 15.1. The monoisotopic (exact) mass is 657 g/mol. The first-order chi connectivity index (χ1) is 21.0. The Morgan fingerprint density at radius 2 is 1.59 bits per heavy atom. The Balaban J connectivity index is 1.60. The summed E-state index contributed by atoms with van der Waals surface area (Å²) in [7, 11) is -3.58. The smallest absolute Gasteiger partial charge is 0.243 e. The van der Waals surface area contributed by atoms with Crippen LogP contribution < -0.4 is 9.62 Å². The maximum Gasteiger partial charge on any atom is 0.243 e. The molecule has 2 amide bonds. The number of hydrogen-bond donors (Lipinski definition) is 1. The van der Waals surface area contributed by atoms with Gasteiger partial charge in [-0.05, 0) is 61.6 Å². The molecule has 10 heteroatoms. The Morgan fingerprint density at radius 3 is 2.23 bits per heavy atom. The second kappa shape index (κ2) is 15.8. The van der Waals surface area contributed by atoms with Gasteiger partial charge in [-0.15, -0.1) is 0 Å². The molecule has 44 heavy (non-hydrogen) atoms. The Morgan fingerprint density at radius 1 is 0.909 bits per heavy atom. The number of carbonyl (C=O) groups excluding carboxylic acids is 2. The number of aryl methyl sites for hydroxylation is 1. The van der Waals surface area contributed by atoms with E-state index in [-0.39, 0.29) is 43.8 Å². The third-order valence-electron chi connectivity index (χ3n) is 8.03. The molecule has 236 valence electrons. The highest BCUT2D eigenvalue weighted by molar-refractivity contribution is 7.92. The van der Waals surface area contributed by atoms with E-state index < -0.39 is 16.1 Å². The first kappa shape index (κ1) is 33.8. The summed E-state index contributed by atoms with van der Waals surface area (Å²) < 4.78 is 26.7. The number of hydrogen-bond acceptors (Lipinski definition) is 4. The minimum absolute atomic E-state index is 0.0567. The lowest BCUT2D eigenvalue weighted by Crippen LogP contribution is -2.52. The summed E-state index contributed by atoms with van der Waals surface area (Å²) in [4.78, 5) is 29.6. The molecule has 0 aliphatic heterocycles. The van der Waals surface area contributed by atoms with Gasteiger partial charge in [0.25, 0.3) is 0 Å². The molecule has 1 saturated carbocycles. The van der Waals surface area contributed by atoms with Gasteiger partial charge in [0.05, 0.1) is 22.0 Å². The molecule has 1 unspecified atom stereocenters. The zero-order valence-corrected chi connectivity index (χ0v) is 27.7. The van der Waals surface area contributed by atoms with Crippen LogP contribution in [0.5, 0.6) is 0 Å². The molecule has 1 atom stereocenters. The number of halogens is 2. The highest BCUT2D eigenvalue weighted by atomic mass is 35.5. The molecule has 0 spiro atoms. The van der Waals surface area contributed by atoms with Gasteiger partial charge in [0, 0.05) is 32.0 Å². The number of sulfonamides is 1. The van der Waals surface area contributed by atoms with Gasteiger partial charge in [-0.1, -0.05) is 96.6 Å². The molecular weight excluding hydrogens is 617 g/mol. The van der Waals surface area contributed by atoms with Gasteiger partial charge in [-0.2, -0.15) is 0 Å². The van der Waals surface area contributed by atoms with Gasteiger partial charge in [0.15, 0.2) is 0 Å². The van der Waals surface area contributed by atoms with Gasteiger partial charge < -0.3 is 10.2 Å². The van der Waals surface area contributed by atoms with E-state index in [1.807, 2.05) is 49.4 Å². The van der Waals surface area contributed by atoms with Crippen LogP contribution in [0.4, 0.5) is 5.69 Å². The molecule has 0 bridgehead atoms. The predicted octanol–water partition coefficient (Wildman–Crippen LogP) is 6.94. The van der Waals surface area contributed by atoms with Gasteiger partial charge in [-0.25, -0.2) is 8.42 Å². The molecule has 0 heterocycles. The third-order valence-corrected chi connectivity index (χ3v) is 9.97. The Bertz CT molecular complexity index is 1510. The van der Waals surface area contributed by atoms with Crippen LogP contribution in [-0.2, 0) is 32.6 Å². The summed E-state index contributed by atoms with van der Waals surface area (Å²) in [5.74, 6) is -0.431. The minimum atomic E-state index is -3.58. The fourth-order valence-corrected chi connectivity index (χ4v) is 6.93. The van der Waals surface area contributed by atoms with E-state index in [1.54, 1.807) is 35.2 Å². The van der Waals surface area contributed by atoms with Crippen LogP contribution in [0.1, 0.15) is 61.6 Å². The second-order valence-corrected chi connectivity index (χ2v) is 14.3. The Labute approximate surface area is 271 Å². The number of carbonyl (C=O) groups is 2. The lowest BCUT2D eigenvalue weighted by atomic mass is 9.94. The summed E-state index contributed by atoms with van der Waals surface area (Å²) >= 11 is 12.5. The summed E-state index contributed by atoms with van der Waals surface area (Å²) in [6.07, 6.45) is 6.98. The summed E-state index contributed by atoms with van der Waals surface area (Å²) in [5.41, 5.74) is 3.25. The van der Waals surface area contributed by atoms with Crippen LogP contribution in [0.15, 0.2) is 72.8 Å². The quantitative estimate of drug-likeness (QED) is 0.216. The van der Waals surface area contributed by atoms with E-state index in [4.69, 9.17) is 23.2 Å². The molecule has 0 aromatic heterocycles. The zero-order chi connectivity index (χ0) is 31.7. The number of rotatable bonds is 13. The van der Waals surface area contributed by atoms with E-state index in [2.05, 4.69) is 5.32 Å². The van der Waals surface area contributed by atoms with E-state index >= 15 is 0 Å². The van der Waals surface area contributed by atoms with Gasteiger partial charge in [0.1, 0.15) is 6.04 Å². The van der Waals surface area contributed by atoms with E-state index in [9.17, 15) is 18.0 Å². The summed E-state index contributed by atoms with van der Waals surface area (Å²) in [6, 6.07) is 21.4. The van der Waals surface area contributed by atoms with E-state index in [0.29, 0.717) is 22.2 Å². The number of nitrogens with zero attached hydrogens (tertiary/aromatic N) is 2. The zero-order valence-electron chi connectivity index (χ0n) is 25.3. The lowest BCUT2D eigenvalue weighted by molar-refractivity contribution is -0.141. The van der Waals surface area contributed by atoms with Crippen LogP contribution in [0.25, 0.3) is 0 Å². The van der Waals surface area contributed by atoms with Crippen molar-refractivity contribution in [1.82, 2.24) is 10.2 Å². The Kier molecular flexibility index (Phi) is 12.1. The maximum absolute atomic E-state index is 14.1. The molecule has 3 aromatic carbocycles. The average Bonchev–Trinajstić information content (AvgIpc) is 3.00. The minimum Gasteiger partial charge on any atom is -0.352 e. The number of nitrogens with one attached hydrogen (secondary N) is 1. The fraction of sp³-hybridized carbons (Fsp3) is 0.412. The van der Waals surface area contributed by atoms with E-state index in [0.717, 1.165) is 55.1 Å². The molecule has 4 rings (SSSR count). The number of amides is 2. The largest absolute Gasteiger partial charge is 0.352 e. The first-order valence-corrected chi connectivity index (χ1v) is 17.7. The highest BCUT2D eigenvalue weighted by Crippen LogP contribution is 2.26. The highest BCUT2D eigenvalue weighted by Gasteiger charge is 2.32. The lowest BCUT2D eigenvalue weighted by Gasteiger charge is -2.34. The third kappa shape index (κ3) is 9.71. The molecule has 1 aliphatic rings. The molecule has 1 aliphatic carbocycles. The molecule has 0 saturated heterocycles. The normalized spacial score (nSPS) is 14.5. The summed E-state index contributed by atoms with van der Waals surface area (Å²) in [6.45, 7) is 2.22. The van der Waals surface area contributed by atoms with Crippen molar-refractivity contribution < 1.29 is 18.0 Å². The van der Waals surface area contributed by atoms with Crippen LogP contribution in [0.2, 0.25) is 10.0 Å². The van der Waals surface area contributed by atoms with Crippen molar-refractivity contribution >= 4 is 50.7 Å². The summed E-state index contributed by atoms with van der Waals surface area (Å²) in [5, 5.41) is 4.00. The Hall–Kier alpha value is -3.07. The molecule has 1 fully saturated rings. The maximum atomic E-state index is 14.1. The molecule has 1 N–H and O–H groups in total.